The summed E-state index contributed by atoms with van der Waals surface area (Å²) in [6, 6.07) is -0.377. The van der Waals surface area contributed by atoms with Crippen molar-refractivity contribution in [1.29, 1.82) is 0 Å². The minimum atomic E-state index is -0.377. The van der Waals surface area contributed by atoms with Gasteiger partial charge in [-0.25, -0.2) is 4.79 Å². The summed E-state index contributed by atoms with van der Waals surface area (Å²) in [5.41, 5.74) is 0. The summed E-state index contributed by atoms with van der Waals surface area (Å²) in [5, 5.41) is 12.2. The molecule has 1 aliphatic heterocycles. The number of nitrogens with zero attached hydrogens (tertiary/aromatic N) is 1. The van der Waals surface area contributed by atoms with Gasteiger partial charge in [-0.1, -0.05) is 90.9 Å². The Kier molecular flexibility index (Phi) is 21.9. The number of esters is 1. The van der Waals surface area contributed by atoms with Crippen LogP contribution in [0.25, 0.3) is 0 Å². The molecule has 2 atom stereocenters. The van der Waals surface area contributed by atoms with Gasteiger partial charge in [-0.15, -0.1) is 0 Å². The van der Waals surface area contributed by atoms with Crippen LogP contribution in [0.1, 0.15) is 142 Å². The quantitative estimate of drug-likeness (QED) is 0.102. The lowest BCUT2D eigenvalue weighted by molar-refractivity contribution is -0.155. The number of carbonyl (C=O) groups excluding carboxylic acids is 2. The van der Waals surface area contributed by atoms with Gasteiger partial charge >= 0.3 is 5.97 Å². The average molecular weight is 525 g/mol. The number of hydrogen-bond donors (Lipinski definition) is 2. The van der Waals surface area contributed by atoms with Gasteiger partial charge in [-0.2, -0.15) is 0 Å². The van der Waals surface area contributed by atoms with E-state index in [-0.39, 0.29) is 30.4 Å². The second-order valence-electron chi connectivity index (χ2n) is 11.1. The second kappa shape index (κ2) is 23.9. The van der Waals surface area contributed by atoms with Crippen LogP contribution in [0.5, 0.6) is 0 Å². The Bertz CT molecular complexity index is 557. The first-order valence-electron chi connectivity index (χ1n) is 15.9. The Morgan fingerprint density at radius 3 is 2.05 bits per heavy atom. The van der Waals surface area contributed by atoms with Crippen molar-refractivity contribution in [3.8, 4) is 0 Å². The summed E-state index contributed by atoms with van der Waals surface area (Å²) in [7, 11) is 0. The van der Waals surface area contributed by atoms with Crippen LogP contribution in [0, 0.1) is 5.92 Å². The van der Waals surface area contributed by atoms with Crippen LogP contribution in [-0.4, -0.2) is 60.8 Å². The Hall–Kier alpha value is -1.14. The molecule has 218 valence electrons. The van der Waals surface area contributed by atoms with Gasteiger partial charge in [0.05, 0.1) is 6.61 Å². The highest BCUT2D eigenvalue weighted by Gasteiger charge is 2.37. The first kappa shape index (κ1) is 33.9. The van der Waals surface area contributed by atoms with Gasteiger partial charge in [0.1, 0.15) is 6.04 Å². The molecule has 1 amide bonds. The smallest absolute Gasteiger partial charge is 0.328 e. The molecule has 1 saturated heterocycles. The van der Waals surface area contributed by atoms with Gasteiger partial charge in [0.15, 0.2) is 0 Å². The molecule has 0 aromatic heterocycles. The minimum Gasteiger partial charge on any atom is -0.464 e. The Balaban J connectivity index is 2.37. The van der Waals surface area contributed by atoms with Crippen molar-refractivity contribution in [2.45, 2.75) is 148 Å². The highest BCUT2D eigenvalue weighted by Crippen LogP contribution is 2.27. The maximum atomic E-state index is 13.5. The number of carbonyl (C=O) groups is 2. The number of likely N-dealkylation sites (tertiary alicyclic amines) is 1. The van der Waals surface area contributed by atoms with Crippen LogP contribution in [0.4, 0.5) is 0 Å². The molecule has 0 saturated carbocycles. The number of aliphatic hydroxyl groups is 1. The van der Waals surface area contributed by atoms with E-state index in [1.165, 1.54) is 51.4 Å². The van der Waals surface area contributed by atoms with Crippen molar-refractivity contribution >= 4 is 11.9 Å². The zero-order chi connectivity index (χ0) is 27.0. The van der Waals surface area contributed by atoms with E-state index in [1.54, 1.807) is 0 Å². The van der Waals surface area contributed by atoms with Gasteiger partial charge < -0.3 is 20.1 Å². The number of nitrogens with one attached hydrogen (secondary N) is 1. The summed E-state index contributed by atoms with van der Waals surface area (Å²) < 4.78 is 5.64. The van der Waals surface area contributed by atoms with Gasteiger partial charge in [0.25, 0.3) is 0 Å². The summed E-state index contributed by atoms with van der Waals surface area (Å²) in [5.74, 6) is 0.0744. The summed E-state index contributed by atoms with van der Waals surface area (Å²) in [6.07, 6.45) is 21.8. The highest BCUT2D eigenvalue weighted by molar-refractivity contribution is 5.86. The van der Waals surface area contributed by atoms with Crippen LogP contribution in [-0.2, 0) is 14.3 Å². The molecule has 0 spiro atoms. The third kappa shape index (κ3) is 16.4. The Labute approximate surface area is 228 Å². The largest absolute Gasteiger partial charge is 0.464 e. The molecule has 0 radical (unpaired) electrons. The fourth-order valence-corrected chi connectivity index (χ4v) is 5.35. The summed E-state index contributed by atoms with van der Waals surface area (Å²) >= 11 is 0. The summed E-state index contributed by atoms with van der Waals surface area (Å²) in [4.78, 5) is 28.3. The molecule has 6 heteroatoms. The monoisotopic (exact) mass is 524 g/mol. The maximum absolute atomic E-state index is 13.5. The van der Waals surface area contributed by atoms with Crippen LogP contribution in [0.15, 0.2) is 0 Å². The third-order valence-corrected chi connectivity index (χ3v) is 7.72. The molecular weight excluding hydrogens is 464 g/mol. The lowest BCUT2D eigenvalue weighted by atomic mass is 9.92. The van der Waals surface area contributed by atoms with E-state index in [0.29, 0.717) is 13.2 Å². The van der Waals surface area contributed by atoms with Crippen LogP contribution < -0.4 is 5.32 Å². The van der Waals surface area contributed by atoms with E-state index in [4.69, 9.17) is 9.84 Å². The lowest BCUT2D eigenvalue weighted by Crippen LogP contribution is -2.44. The molecular formula is C31H60N2O4. The molecule has 6 nitrogen and oxygen atoms in total. The van der Waals surface area contributed by atoms with E-state index < -0.39 is 0 Å². The Morgan fingerprint density at radius 1 is 0.811 bits per heavy atom. The van der Waals surface area contributed by atoms with E-state index in [2.05, 4.69) is 19.2 Å². The van der Waals surface area contributed by atoms with Gasteiger partial charge in [-0.05, 0) is 64.5 Å². The van der Waals surface area contributed by atoms with Crippen LogP contribution >= 0.6 is 0 Å². The molecule has 2 unspecified atom stereocenters. The predicted molar refractivity (Wildman–Crippen MR) is 154 cm³/mol. The molecule has 1 aliphatic rings. The highest BCUT2D eigenvalue weighted by atomic mass is 16.5. The number of hydrogen-bond acceptors (Lipinski definition) is 5. The standard InChI is InChI=1S/C31H60N2O4/c1-3-5-7-9-10-14-21-28(20-13-8-6-4-2)30(35)33-25-19-22-29(33)31(36)37-27-18-12-11-15-23-32-24-16-17-26-34/h28-29,32,34H,3-27H2,1-2H3. The fraction of sp³-hybridized carbons (Fsp3) is 0.935. The second-order valence-corrected chi connectivity index (χ2v) is 11.1. The number of amides is 1. The molecule has 0 aromatic rings. The van der Waals surface area contributed by atoms with Crippen molar-refractivity contribution in [2.75, 3.05) is 32.8 Å². The topological polar surface area (TPSA) is 78.9 Å². The van der Waals surface area contributed by atoms with Crippen molar-refractivity contribution < 1.29 is 19.4 Å². The molecule has 1 rings (SSSR count). The average Bonchev–Trinajstić information content (AvgIpc) is 3.40. The molecule has 1 heterocycles. The third-order valence-electron chi connectivity index (χ3n) is 7.72. The molecule has 37 heavy (non-hydrogen) atoms. The molecule has 0 aromatic carbocycles. The number of unbranched alkanes of at least 4 members (excludes halogenated alkanes) is 12. The number of aliphatic hydroxyl groups excluding tert-OH is 1. The molecule has 1 fully saturated rings. The van der Waals surface area contributed by atoms with Gasteiger partial charge in [0, 0.05) is 19.1 Å². The van der Waals surface area contributed by atoms with E-state index in [0.717, 1.165) is 90.1 Å². The number of ether oxygens (including phenoxy) is 1. The van der Waals surface area contributed by atoms with Crippen LogP contribution in [0.3, 0.4) is 0 Å². The lowest BCUT2D eigenvalue weighted by Gasteiger charge is -2.28. The normalized spacial score (nSPS) is 16.3. The molecule has 0 aliphatic carbocycles. The minimum absolute atomic E-state index is 0.0636. The van der Waals surface area contributed by atoms with Crippen molar-refractivity contribution in [3.63, 3.8) is 0 Å². The van der Waals surface area contributed by atoms with Crippen LogP contribution in [0.2, 0.25) is 0 Å². The van der Waals surface area contributed by atoms with E-state index >= 15 is 0 Å². The predicted octanol–water partition coefficient (Wildman–Crippen LogP) is 6.78. The zero-order valence-electron chi connectivity index (χ0n) is 24.5. The first-order valence-corrected chi connectivity index (χ1v) is 15.9. The summed E-state index contributed by atoms with van der Waals surface area (Å²) in [6.45, 7) is 7.86. The first-order chi connectivity index (χ1) is 18.2. The van der Waals surface area contributed by atoms with Gasteiger partial charge in [-0.3, -0.25) is 4.79 Å². The van der Waals surface area contributed by atoms with Gasteiger partial charge in [0.2, 0.25) is 5.91 Å². The number of rotatable bonds is 25. The van der Waals surface area contributed by atoms with Crippen molar-refractivity contribution in [3.05, 3.63) is 0 Å². The van der Waals surface area contributed by atoms with Crippen molar-refractivity contribution in [1.82, 2.24) is 10.2 Å². The molecule has 2 N–H and O–H groups in total. The van der Waals surface area contributed by atoms with E-state index in [9.17, 15) is 9.59 Å². The van der Waals surface area contributed by atoms with Crippen molar-refractivity contribution in [2.24, 2.45) is 5.92 Å². The molecule has 0 bridgehead atoms. The SMILES string of the molecule is CCCCCCCCC(CCCCCC)C(=O)N1CCCC1C(=O)OCCCCCCNCCCCO. The Morgan fingerprint density at radius 2 is 1.38 bits per heavy atom. The zero-order valence-corrected chi connectivity index (χ0v) is 24.5. The van der Waals surface area contributed by atoms with E-state index in [1.807, 2.05) is 4.90 Å². The fourth-order valence-electron chi connectivity index (χ4n) is 5.35. The maximum Gasteiger partial charge on any atom is 0.328 e.